The number of urea groups is 1. The number of aromatic nitrogens is 1. The van der Waals surface area contributed by atoms with Crippen molar-refractivity contribution < 1.29 is 28.6 Å². The molecule has 3 heterocycles. The number of benzene rings is 1. The topological polar surface area (TPSA) is 115 Å². The first kappa shape index (κ1) is 28.0. The van der Waals surface area contributed by atoms with Gasteiger partial charge < -0.3 is 33.9 Å². The maximum Gasteiger partial charge on any atom is 0.321 e. The number of hydrogen-bond acceptors (Lipinski definition) is 7. The molecule has 0 saturated carbocycles. The van der Waals surface area contributed by atoms with Crippen molar-refractivity contribution in [3.05, 3.63) is 35.7 Å². The van der Waals surface area contributed by atoms with E-state index in [0.29, 0.717) is 48.0 Å². The molecule has 1 aromatic heterocycles. The van der Waals surface area contributed by atoms with Gasteiger partial charge in [-0.15, -0.1) is 0 Å². The minimum atomic E-state index is -0.859. The molecule has 1 N–H and O–H groups in total. The number of fused-ring (bicyclic) bond motifs is 2. The second kappa shape index (κ2) is 11.4. The van der Waals surface area contributed by atoms with Crippen molar-refractivity contribution in [2.45, 2.75) is 44.6 Å². The van der Waals surface area contributed by atoms with Gasteiger partial charge in [0, 0.05) is 51.4 Å². The van der Waals surface area contributed by atoms with E-state index in [-0.39, 0.29) is 23.9 Å². The number of nitrogens with one attached hydrogen (secondary N) is 1. The highest BCUT2D eigenvalue weighted by Crippen LogP contribution is 2.38. The highest BCUT2D eigenvalue weighted by atomic mass is 16.5. The fourth-order valence-corrected chi connectivity index (χ4v) is 5.04. The first-order chi connectivity index (χ1) is 18.6. The number of carbonyl (C=O) groups is 3. The Morgan fingerprint density at radius 2 is 1.97 bits per heavy atom. The van der Waals surface area contributed by atoms with Gasteiger partial charge in [0.05, 0.1) is 43.8 Å². The van der Waals surface area contributed by atoms with Gasteiger partial charge in [0.25, 0.3) is 5.91 Å². The van der Waals surface area contributed by atoms with Crippen molar-refractivity contribution in [1.29, 1.82) is 0 Å². The molecule has 2 aliphatic rings. The summed E-state index contributed by atoms with van der Waals surface area (Å²) in [6, 6.07) is 4.96. The molecular weight excluding hydrogens is 502 g/mol. The Kier molecular flexibility index (Phi) is 8.17. The number of carbonyl (C=O) groups excluding carboxylic acids is 3. The zero-order chi connectivity index (χ0) is 28.3. The predicted octanol–water partition coefficient (Wildman–Crippen LogP) is 3.74. The molecule has 0 aliphatic carbocycles. The molecule has 0 bridgehead atoms. The van der Waals surface area contributed by atoms with E-state index >= 15 is 0 Å². The van der Waals surface area contributed by atoms with Crippen LogP contribution < -0.4 is 14.8 Å². The molecule has 39 heavy (non-hydrogen) atoms. The third kappa shape index (κ3) is 5.71. The minimum Gasteiger partial charge on any atom is -0.493 e. The van der Waals surface area contributed by atoms with Gasteiger partial charge in [-0.25, -0.2) is 4.79 Å². The molecule has 2 aliphatic heterocycles. The van der Waals surface area contributed by atoms with E-state index in [9.17, 15) is 14.4 Å². The van der Waals surface area contributed by atoms with Crippen molar-refractivity contribution >= 4 is 35.5 Å². The average Bonchev–Trinajstić information content (AvgIpc) is 3.52. The van der Waals surface area contributed by atoms with Gasteiger partial charge in [0.1, 0.15) is 5.41 Å². The van der Waals surface area contributed by atoms with Gasteiger partial charge in [-0.3, -0.25) is 14.6 Å². The molecule has 0 radical (unpaired) electrons. The van der Waals surface area contributed by atoms with Crippen LogP contribution in [-0.4, -0.2) is 85.5 Å². The van der Waals surface area contributed by atoms with Crippen LogP contribution in [-0.2, 0) is 22.0 Å². The second-order valence-corrected chi connectivity index (χ2v) is 10.4. The van der Waals surface area contributed by atoms with Gasteiger partial charge >= 0.3 is 12.0 Å². The molecule has 210 valence electrons. The van der Waals surface area contributed by atoms with Crippen LogP contribution in [0.4, 0.5) is 16.2 Å². The fraction of sp³-hybridized carbons (Fsp3) is 0.500. The lowest BCUT2D eigenvalue weighted by molar-refractivity contribution is -0.146. The Labute approximate surface area is 228 Å². The van der Waals surface area contributed by atoms with Crippen molar-refractivity contribution in [3.63, 3.8) is 0 Å². The normalized spacial score (nSPS) is 16.3. The summed E-state index contributed by atoms with van der Waals surface area (Å²) in [7, 11) is 6.41. The molecule has 1 aromatic carbocycles. The van der Waals surface area contributed by atoms with Crippen molar-refractivity contribution in [2.24, 2.45) is 12.0 Å². The zero-order valence-electron chi connectivity index (χ0n) is 23.4. The third-order valence-corrected chi connectivity index (χ3v) is 7.29. The maximum absolute atomic E-state index is 13.0. The molecule has 11 nitrogen and oxygen atoms in total. The summed E-state index contributed by atoms with van der Waals surface area (Å²) in [4.78, 5) is 45.9. The standard InChI is InChI=1S/C28H37N5O6/c1-28(2,26(35)38-6)24-13-18(17-32(24)4)30-27(36)31(3)10-8-12-39-23-15-21-20(14-22(23)37-5)25(34)33-11-7-9-19(33)16-29-21/h13-17,19H,7-12H2,1-6H3,(H,30,36). The summed E-state index contributed by atoms with van der Waals surface area (Å²) >= 11 is 0. The first-order valence-corrected chi connectivity index (χ1v) is 13.0. The molecule has 4 rings (SSSR count). The Morgan fingerprint density at radius 1 is 1.21 bits per heavy atom. The van der Waals surface area contributed by atoms with Crippen LogP contribution in [0.1, 0.15) is 49.2 Å². The quantitative estimate of drug-likeness (QED) is 0.384. The van der Waals surface area contributed by atoms with E-state index in [0.717, 1.165) is 25.1 Å². The van der Waals surface area contributed by atoms with Crippen LogP contribution in [0, 0.1) is 0 Å². The molecular formula is C28H37N5O6. The van der Waals surface area contributed by atoms with Crippen molar-refractivity contribution in [3.8, 4) is 11.5 Å². The van der Waals surface area contributed by atoms with E-state index in [2.05, 4.69) is 10.3 Å². The van der Waals surface area contributed by atoms with Gasteiger partial charge in [-0.1, -0.05) is 0 Å². The Hall–Kier alpha value is -4.02. The number of hydrogen-bond donors (Lipinski definition) is 1. The predicted molar refractivity (Wildman–Crippen MR) is 147 cm³/mol. The van der Waals surface area contributed by atoms with Crippen molar-refractivity contribution in [1.82, 2.24) is 14.4 Å². The SMILES string of the molecule is COC(=O)C(C)(C)c1cc(NC(=O)N(C)CCCOc2cc3c(cc2OC)C(=O)N2CCCC2C=N3)cn1C. The van der Waals surface area contributed by atoms with E-state index < -0.39 is 5.41 Å². The Balaban J connectivity index is 1.33. The Morgan fingerprint density at radius 3 is 2.69 bits per heavy atom. The minimum absolute atomic E-state index is 0.0313. The number of esters is 1. The highest BCUT2D eigenvalue weighted by molar-refractivity contribution is 6.03. The number of rotatable bonds is 9. The fourth-order valence-electron chi connectivity index (χ4n) is 5.04. The number of methoxy groups -OCH3 is 2. The third-order valence-electron chi connectivity index (χ3n) is 7.29. The van der Waals surface area contributed by atoms with E-state index in [1.807, 2.05) is 18.2 Å². The largest absolute Gasteiger partial charge is 0.493 e. The van der Waals surface area contributed by atoms with Crippen LogP contribution >= 0.6 is 0 Å². The van der Waals surface area contributed by atoms with E-state index in [1.54, 1.807) is 54.8 Å². The van der Waals surface area contributed by atoms with E-state index in [4.69, 9.17) is 14.2 Å². The maximum atomic E-state index is 13.0. The van der Waals surface area contributed by atoms with Gasteiger partial charge in [0.2, 0.25) is 0 Å². The number of nitrogens with zero attached hydrogens (tertiary/aromatic N) is 4. The molecule has 1 fully saturated rings. The molecule has 2 aromatic rings. The first-order valence-electron chi connectivity index (χ1n) is 13.0. The van der Waals surface area contributed by atoms with Gasteiger partial charge in [-0.2, -0.15) is 0 Å². The Bertz CT molecular complexity index is 1280. The molecule has 3 amide bonds. The highest BCUT2D eigenvalue weighted by Gasteiger charge is 2.34. The summed E-state index contributed by atoms with van der Waals surface area (Å²) in [5.74, 6) is 0.571. The molecule has 11 heteroatoms. The van der Waals surface area contributed by atoms with Crippen LogP contribution in [0.25, 0.3) is 0 Å². The van der Waals surface area contributed by atoms with Crippen LogP contribution in [0.2, 0.25) is 0 Å². The van der Waals surface area contributed by atoms with E-state index in [1.165, 1.54) is 14.2 Å². The summed E-state index contributed by atoms with van der Waals surface area (Å²) in [6.45, 7) is 5.06. The lowest BCUT2D eigenvalue weighted by Gasteiger charge is -2.22. The summed E-state index contributed by atoms with van der Waals surface area (Å²) in [5.41, 5.74) is 1.53. The summed E-state index contributed by atoms with van der Waals surface area (Å²) in [5, 5.41) is 2.87. The molecule has 0 spiro atoms. The second-order valence-electron chi connectivity index (χ2n) is 10.4. The molecule has 1 saturated heterocycles. The number of aryl methyl sites for hydroxylation is 1. The number of ether oxygens (including phenoxy) is 3. The molecule has 1 unspecified atom stereocenters. The monoisotopic (exact) mass is 539 g/mol. The summed E-state index contributed by atoms with van der Waals surface area (Å²) in [6.07, 6.45) is 6.06. The lowest BCUT2D eigenvalue weighted by Crippen LogP contribution is -2.35. The van der Waals surface area contributed by atoms with Crippen LogP contribution in [0.15, 0.2) is 29.4 Å². The number of aliphatic imine (C=N–C) groups is 1. The summed E-state index contributed by atoms with van der Waals surface area (Å²) < 4.78 is 18.2. The van der Waals surface area contributed by atoms with Crippen LogP contribution in [0.5, 0.6) is 11.5 Å². The van der Waals surface area contributed by atoms with Crippen LogP contribution in [0.3, 0.4) is 0 Å². The smallest absolute Gasteiger partial charge is 0.321 e. The van der Waals surface area contributed by atoms with Gasteiger partial charge in [-0.05, 0) is 45.2 Å². The lowest BCUT2D eigenvalue weighted by atomic mass is 9.89. The number of anilines is 1. The zero-order valence-corrected chi connectivity index (χ0v) is 23.4. The number of amides is 3. The van der Waals surface area contributed by atoms with Gasteiger partial charge in [0.15, 0.2) is 11.5 Å². The molecule has 1 atom stereocenters. The van der Waals surface area contributed by atoms with Crippen molar-refractivity contribution in [2.75, 3.05) is 46.3 Å². The average molecular weight is 540 g/mol.